The Bertz CT molecular complexity index is 1110. The van der Waals surface area contributed by atoms with E-state index < -0.39 is 0 Å². The van der Waals surface area contributed by atoms with E-state index in [0.29, 0.717) is 43.5 Å². The van der Waals surface area contributed by atoms with Crippen molar-refractivity contribution >= 4 is 29.8 Å². The lowest BCUT2D eigenvalue weighted by molar-refractivity contribution is 0.0126. The SMILES string of the molecule is C=NNc1ccc(Nc2ccnc(-c3cccc(C(=O)NN4CCOCC4)c3)n2)cc1C. The number of amides is 1. The molecular weight excluding hydrogens is 406 g/mol. The van der Waals surface area contributed by atoms with Crippen LogP contribution in [0.3, 0.4) is 0 Å². The van der Waals surface area contributed by atoms with Gasteiger partial charge in [-0.2, -0.15) is 5.10 Å². The van der Waals surface area contributed by atoms with E-state index >= 15 is 0 Å². The number of anilines is 3. The van der Waals surface area contributed by atoms with Crippen molar-refractivity contribution in [1.29, 1.82) is 0 Å². The van der Waals surface area contributed by atoms with Gasteiger partial charge in [0.25, 0.3) is 5.91 Å². The van der Waals surface area contributed by atoms with Crippen LogP contribution >= 0.6 is 0 Å². The van der Waals surface area contributed by atoms with E-state index in [9.17, 15) is 4.79 Å². The zero-order valence-electron chi connectivity index (χ0n) is 17.8. The zero-order chi connectivity index (χ0) is 22.3. The summed E-state index contributed by atoms with van der Waals surface area (Å²) in [5, 5.41) is 8.86. The minimum absolute atomic E-state index is 0.166. The van der Waals surface area contributed by atoms with Crippen LogP contribution in [0.15, 0.2) is 59.8 Å². The van der Waals surface area contributed by atoms with Gasteiger partial charge in [-0.05, 0) is 48.9 Å². The molecule has 1 aliphatic rings. The predicted molar refractivity (Wildman–Crippen MR) is 125 cm³/mol. The molecule has 1 amide bonds. The van der Waals surface area contributed by atoms with Gasteiger partial charge in [-0.25, -0.2) is 15.0 Å². The van der Waals surface area contributed by atoms with E-state index in [-0.39, 0.29) is 5.91 Å². The highest BCUT2D eigenvalue weighted by Crippen LogP contribution is 2.23. The third-order valence-electron chi connectivity index (χ3n) is 5.01. The van der Waals surface area contributed by atoms with Crippen LogP contribution in [0.2, 0.25) is 0 Å². The molecule has 0 saturated carbocycles. The normalized spacial score (nSPS) is 13.9. The Morgan fingerprint density at radius 2 is 2.00 bits per heavy atom. The number of rotatable bonds is 7. The first-order chi connectivity index (χ1) is 15.6. The minimum Gasteiger partial charge on any atom is -0.379 e. The Kier molecular flexibility index (Phi) is 6.69. The van der Waals surface area contributed by atoms with Gasteiger partial charge in [0.15, 0.2) is 5.82 Å². The van der Waals surface area contributed by atoms with Gasteiger partial charge in [0.1, 0.15) is 5.82 Å². The zero-order valence-corrected chi connectivity index (χ0v) is 17.8. The van der Waals surface area contributed by atoms with Crippen molar-refractivity contribution < 1.29 is 9.53 Å². The molecular formula is C23H25N7O2. The molecule has 4 rings (SSSR count). The van der Waals surface area contributed by atoms with Crippen LogP contribution in [0.25, 0.3) is 11.4 Å². The largest absolute Gasteiger partial charge is 0.379 e. The molecule has 0 radical (unpaired) electrons. The summed E-state index contributed by atoms with van der Waals surface area (Å²) in [6.07, 6.45) is 1.69. The molecule has 1 aliphatic heterocycles. The maximum Gasteiger partial charge on any atom is 0.265 e. The molecule has 164 valence electrons. The number of hydrazine groups is 1. The van der Waals surface area contributed by atoms with Crippen LogP contribution < -0.4 is 16.2 Å². The standard InChI is InChI=1S/C23H25N7O2/c1-16-14-19(6-7-20(16)28-24-2)26-21-8-9-25-22(27-21)17-4-3-5-18(15-17)23(31)29-30-10-12-32-13-11-30/h3-9,14-15,28H,2,10-13H2,1H3,(H,29,31)(H,25,26,27). The molecule has 0 unspecified atom stereocenters. The summed E-state index contributed by atoms with van der Waals surface area (Å²) in [5.41, 5.74) is 9.89. The molecule has 2 aromatic carbocycles. The van der Waals surface area contributed by atoms with Crippen LogP contribution in [0.5, 0.6) is 0 Å². The monoisotopic (exact) mass is 431 g/mol. The summed E-state index contributed by atoms with van der Waals surface area (Å²) in [6.45, 7) is 7.99. The summed E-state index contributed by atoms with van der Waals surface area (Å²) in [7, 11) is 0. The van der Waals surface area contributed by atoms with Gasteiger partial charge in [-0.1, -0.05) is 12.1 Å². The number of benzene rings is 2. The van der Waals surface area contributed by atoms with E-state index in [4.69, 9.17) is 4.74 Å². The van der Waals surface area contributed by atoms with Crippen LogP contribution in [0, 0.1) is 6.92 Å². The second-order valence-corrected chi connectivity index (χ2v) is 7.31. The minimum atomic E-state index is -0.166. The number of nitrogens with one attached hydrogen (secondary N) is 3. The summed E-state index contributed by atoms with van der Waals surface area (Å²) >= 11 is 0. The molecule has 0 bridgehead atoms. The fraction of sp³-hybridized carbons (Fsp3) is 0.217. The molecule has 9 nitrogen and oxygen atoms in total. The highest BCUT2D eigenvalue weighted by molar-refractivity contribution is 5.95. The fourth-order valence-corrected chi connectivity index (χ4v) is 3.35. The number of ether oxygens (including phenoxy) is 1. The Morgan fingerprint density at radius 3 is 2.78 bits per heavy atom. The Labute approximate surface area is 186 Å². The van der Waals surface area contributed by atoms with Gasteiger partial charge in [-0.3, -0.25) is 15.6 Å². The van der Waals surface area contributed by atoms with Gasteiger partial charge in [0.05, 0.1) is 18.9 Å². The van der Waals surface area contributed by atoms with Crippen molar-refractivity contribution in [2.24, 2.45) is 5.10 Å². The van der Waals surface area contributed by atoms with Gasteiger partial charge < -0.3 is 10.1 Å². The molecule has 0 aliphatic carbocycles. The fourth-order valence-electron chi connectivity index (χ4n) is 3.35. The van der Waals surface area contributed by atoms with Crippen LogP contribution in [-0.2, 0) is 4.74 Å². The van der Waals surface area contributed by atoms with Gasteiger partial charge in [0, 0.05) is 42.8 Å². The van der Waals surface area contributed by atoms with Crippen LogP contribution in [0.4, 0.5) is 17.2 Å². The number of carbonyl (C=O) groups excluding carboxylic acids is 1. The molecule has 1 aromatic heterocycles. The number of aryl methyl sites for hydroxylation is 1. The van der Waals surface area contributed by atoms with Gasteiger partial charge in [0.2, 0.25) is 0 Å². The lowest BCUT2D eigenvalue weighted by Gasteiger charge is -2.26. The summed E-state index contributed by atoms with van der Waals surface area (Å²) in [4.78, 5) is 21.7. The molecule has 0 atom stereocenters. The van der Waals surface area contributed by atoms with Crippen molar-refractivity contribution in [3.8, 4) is 11.4 Å². The van der Waals surface area contributed by atoms with Gasteiger partial charge >= 0.3 is 0 Å². The van der Waals surface area contributed by atoms with E-state index in [1.54, 1.807) is 24.4 Å². The van der Waals surface area contributed by atoms with E-state index in [1.807, 2.05) is 42.3 Å². The van der Waals surface area contributed by atoms with E-state index in [1.165, 1.54) is 0 Å². The Morgan fingerprint density at radius 1 is 1.16 bits per heavy atom. The van der Waals surface area contributed by atoms with Crippen LogP contribution in [0.1, 0.15) is 15.9 Å². The summed E-state index contributed by atoms with van der Waals surface area (Å²) in [6, 6.07) is 14.9. The second kappa shape index (κ2) is 9.99. The third-order valence-corrected chi connectivity index (χ3v) is 5.01. The smallest absolute Gasteiger partial charge is 0.265 e. The molecule has 1 saturated heterocycles. The van der Waals surface area contributed by atoms with E-state index in [0.717, 1.165) is 22.5 Å². The number of hydrogen-bond acceptors (Lipinski definition) is 8. The molecule has 1 fully saturated rings. The number of hydrazone groups is 1. The average molecular weight is 432 g/mol. The topological polar surface area (TPSA) is 104 Å². The maximum atomic E-state index is 12.6. The molecule has 0 spiro atoms. The molecule has 32 heavy (non-hydrogen) atoms. The number of nitrogens with zero attached hydrogens (tertiary/aromatic N) is 4. The number of carbonyl (C=O) groups is 1. The number of hydrogen-bond donors (Lipinski definition) is 3. The first kappa shape index (κ1) is 21.4. The molecule has 2 heterocycles. The first-order valence-electron chi connectivity index (χ1n) is 10.3. The highest BCUT2D eigenvalue weighted by atomic mass is 16.5. The Balaban J connectivity index is 1.49. The highest BCUT2D eigenvalue weighted by Gasteiger charge is 2.15. The maximum absolute atomic E-state index is 12.6. The quantitative estimate of drug-likeness (QED) is 0.390. The lowest BCUT2D eigenvalue weighted by Crippen LogP contribution is -2.48. The first-order valence-corrected chi connectivity index (χ1v) is 10.3. The summed E-state index contributed by atoms with van der Waals surface area (Å²) in [5.74, 6) is 1.02. The van der Waals surface area contributed by atoms with Crippen molar-refractivity contribution in [2.75, 3.05) is 37.0 Å². The number of morpholine rings is 1. The molecule has 9 heteroatoms. The molecule has 3 aromatic rings. The van der Waals surface area contributed by atoms with Crippen molar-refractivity contribution in [1.82, 2.24) is 20.4 Å². The second-order valence-electron chi connectivity index (χ2n) is 7.31. The molecule has 3 N–H and O–H groups in total. The van der Waals surface area contributed by atoms with Crippen LogP contribution in [-0.4, -0.2) is 53.9 Å². The summed E-state index contributed by atoms with van der Waals surface area (Å²) < 4.78 is 5.32. The lowest BCUT2D eigenvalue weighted by atomic mass is 10.1. The third kappa shape index (κ3) is 5.26. The van der Waals surface area contributed by atoms with Gasteiger partial charge in [-0.15, -0.1) is 0 Å². The van der Waals surface area contributed by atoms with E-state index in [2.05, 4.69) is 38.0 Å². The van der Waals surface area contributed by atoms with Crippen molar-refractivity contribution in [3.05, 3.63) is 65.9 Å². The van der Waals surface area contributed by atoms with Crippen molar-refractivity contribution in [3.63, 3.8) is 0 Å². The van der Waals surface area contributed by atoms with Crippen molar-refractivity contribution in [2.45, 2.75) is 6.92 Å². The predicted octanol–water partition coefficient (Wildman–Crippen LogP) is 3.20. The average Bonchev–Trinajstić information content (AvgIpc) is 2.82. The number of aromatic nitrogens is 2. The Hall–Kier alpha value is -3.82.